The van der Waals surface area contributed by atoms with E-state index >= 15 is 0 Å². The maximum atomic E-state index is 13.7. The van der Waals surface area contributed by atoms with Crippen LogP contribution in [-0.2, 0) is 30.2 Å². The summed E-state index contributed by atoms with van der Waals surface area (Å²) in [6, 6.07) is 24.8. The number of carbonyl (C=O) groups is 1. The Morgan fingerprint density at radius 2 is 1.00 bits per heavy atom. The van der Waals surface area contributed by atoms with Crippen LogP contribution in [0, 0.1) is 0 Å². The van der Waals surface area contributed by atoms with E-state index in [2.05, 4.69) is 31.0 Å². The smallest absolute Gasteiger partial charge is 0.381 e. The highest BCUT2D eigenvalue weighted by Gasteiger charge is 2.31. The monoisotopic (exact) mass is 716 g/mol. The summed E-state index contributed by atoms with van der Waals surface area (Å²) >= 11 is 0. The van der Waals surface area contributed by atoms with Crippen molar-refractivity contribution in [1.29, 1.82) is 0 Å². The minimum Gasteiger partial charge on any atom is -0.381 e. The number of ketones is 1. The van der Waals surface area contributed by atoms with Crippen LogP contribution in [-0.4, -0.2) is 26.2 Å². The first-order chi connectivity index (χ1) is 24.8. The Bertz CT molecular complexity index is 1980. The fourth-order valence-corrected chi connectivity index (χ4v) is 5.97. The molecule has 0 aliphatic heterocycles. The van der Waals surface area contributed by atoms with Crippen LogP contribution in [0.15, 0.2) is 109 Å². The predicted octanol–water partition coefficient (Wildman–Crippen LogP) is 10.2. The van der Waals surface area contributed by atoms with Crippen LogP contribution in [0.2, 0.25) is 0 Å². The van der Waals surface area contributed by atoms with Gasteiger partial charge in [-0.3, -0.25) is 15.0 Å². The molecule has 0 bridgehead atoms. The second-order valence-electron chi connectivity index (χ2n) is 12.5. The number of hydrogen-bond donors (Lipinski definition) is 4. The standard InChI is InChI=1S/C39H34F6N6O/c1-23(27-5-3-7-33(17-27)46-19-29-21-48-50-35(29)25-9-13-31(14-10-25)38(40,41)42)37(52)24(2)28-6-4-8-34(18-28)47-20-30-22-49-51-36(30)26-11-15-32(16-12-26)39(43,44)45/h3-18,21-24,46-47H,19-20H2,1-2H3,(H,48,50)(H,49,51). The van der Waals surface area contributed by atoms with Crippen LogP contribution < -0.4 is 10.6 Å². The lowest BCUT2D eigenvalue weighted by molar-refractivity contribution is -0.138. The number of nitrogens with zero attached hydrogens (tertiary/aromatic N) is 2. The van der Waals surface area contributed by atoms with Gasteiger partial charge in [-0.1, -0.05) is 62.4 Å². The van der Waals surface area contributed by atoms with Crippen molar-refractivity contribution in [2.45, 2.75) is 51.1 Å². The van der Waals surface area contributed by atoms with E-state index in [0.29, 0.717) is 35.6 Å². The quantitative estimate of drug-likeness (QED) is 0.0946. The van der Waals surface area contributed by atoms with Crippen molar-refractivity contribution in [3.05, 3.63) is 143 Å². The van der Waals surface area contributed by atoms with Gasteiger partial charge in [-0.2, -0.15) is 36.5 Å². The third-order valence-corrected chi connectivity index (χ3v) is 9.00. The van der Waals surface area contributed by atoms with Crippen LogP contribution in [0.1, 0.15) is 59.1 Å². The summed E-state index contributed by atoms with van der Waals surface area (Å²) in [5.74, 6) is -0.836. The van der Waals surface area contributed by atoms with Crippen molar-refractivity contribution in [1.82, 2.24) is 20.4 Å². The fraction of sp³-hybridized carbons (Fsp3) is 0.205. The molecule has 2 aromatic heterocycles. The Kier molecular flexibility index (Phi) is 10.2. The van der Waals surface area contributed by atoms with E-state index in [0.717, 1.165) is 57.9 Å². The number of aromatic nitrogens is 4. The molecule has 2 heterocycles. The molecule has 4 aromatic carbocycles. The van der Waals surface area contributed by atoms with Gasteiger partial charge < -0.3 is 10.6 Å². The molecule has 0 saturated heterocycles. The molecule has 7 nitrogen and oxygen atoms in total. The lowest BCUT2D eigenvalue weighted by Crippen LogP contribution is -2.17. The third kappa shape index (κ3) is 8.20. The van der Waals surface area contributed by atoms with Crippen LogP contribution >= 0.6 is 0 Å². The Hall–Kier alpha value is -5.85. The number of H-pyrrole nitrogens is 2. The van der Waals surface area contributed by atoms with Crippen molar-refractivity contribution >= 4 is 17.2 Å². The number of halogens is 6. The first kappa shape index (κ1) is 36.0. The minimum atomic E-state index is -4.42. The molecular weight excluding hydrogens is 682 g/mol. The van der Waals surface area contributed by atoms with Crippen molar-refractivity contribution in [2.75, 3.05) is 10.6 Å². The van der Waals surface area contributed by atoms with Gasteiger partial charge in [0, 0.05) is 70.9 Å². The highest BCUT2D eigenvalue weighted by Crippen LogP contribution is 2.34. The Balaban J connectivity index is 1.08. The van der Waals surface area contributed by atoms with E-state index in [4.69, 9.17) is 0 Å². The summed E-state index contributed by atoms with van der Waals surface area (Å²) < 4.78 is 78.1. The zero-order valence-corrected chi connectivity index (χ0v) is 28.0. The lowest BCUT2D eigenvalue weighted by Gasteiger charge is -2.19. The average molecular weight is 717 g/mol. The molecule has 0 saturated carbocycles. The summed E-state index contributed by atoms with van der Waals surface area (Å²) in [6.45, 7) is 4.42. The van der Waals surface area contributed by atoms with E-state index in [1.165, 1.54) is 24.3 Å². The molecule has 0 aliphatic rings. The largest absolute Gasteiger partial charge is 0.416 e. The number of aromatic amines is 2. The van der Waals surface area contributed by atoms with Crippen LogP contribution in [0.5, 0.6) is 0 Å². The van der Waals surface area contributed by atoms with Gasteiger partial charge in [-0.05, 0) is 59.7 Å². The fourth-order valence-electron chi connectivity index (χ4n) is 5.97. The first-order valence-corrected chi connectivity index (χ1v) is 16.4. The second kappa shape index (κ2) is 14.8. The van der Waals surface area contributed by atoms with Crippen molar-refractivity contribution in [3.8, 4) is 22.5 Å². The van der Waals surface area contributed by atoms with Gasteiger partial charge in [0.05, 0.1) is 22.5 Å². The van der Waals surface area contributed by atoms with E-state index < -0.39 is 35.3 Å². The number of benzene rings is 4. The number of rotatable bonds is 12. The SMILES string of the molecule is CC(C(=O)C(C)c1cccc(NCc2c[nH]nc2-c2ccc(C(F)(F)F)cc2)c1)c1cccc(NCc2c[nH]nc2-c2ccc(C(F)(F)F)cc2)c1. The van der Waals surface area contributed by atoms with Crippen molar-refractivity contribution < 1.29 is 31.1 Å². The van der Waals surface area contributed by atoms with Crippen LogP contribution in [0.3, 0.4) is 0 Å². The highest BCUT2D eigenvalue weighted by molar-refractivity contribution is 5.91. The number of Topliss-reactive ketones (excluding diaryl/α,β-unsaturated/α-hetero) is 1. The Labute approximate surface area is 295 Å². The maximum absolute atomic E-state index is 13.7. The lowest BCUT2D eigenvalue weighted by atomic mass is 9.85. The highest BCUT2D eigenvalue weighted by atomic mass is 19.4. The van der Waals surface area contributed by atoms with Gasteiger partial charge in [0.25, 0.3) is 0 Å². The van der Waals surface area contributed by atoms with Crippen LogP contribution in [0.25, 0.3) is 22.5 Å². The number of alkyl halides is 6. The summed E-state index contributed by atoms with van der Waals surface area (Å²) in [6.07, 6.45) is -5.47. The van der Waals surface area contributed by atoms with Crippen LogP contribution in [0.4, 0.5) is 37.7 Å². The molecule has 0 radical (unpaired) electrons. The number of carbonyl (C=O) groups excluding carboxylic acids is 1. The topological polar surface area (TPSA) is 98.5 Å². The molecule has 0 spiro atoms. The molecule has 268 valence electrons. The summed E-state index contributed by atoms with van der Waals surface area (Å²) in [5.41, 5.74) is 5.43. The molecule has 0 aliphatic carbocycles. The van der Waals surface area contributed by atoms with Gasteiger partial charge in [0.15, 0.2) is 0 Å². The molecule has 4 N–H and O–H groups in total. The van der Waals surface area contributed by atoms with Crippen molar-refractivity contribution in [3.63, 3.8) is 0 Å². The van der Waals surface area contributed by atoms with Crippen molar-refractivity contribution in [2.24, 2.45) is 0 Å². The van der Waals surface area contributed by atoms with E-state index in [9.17, 15) is 31.1 Å². The number of anilines is 2. The average Bonchev–Trinajstić information content (AvgIpc) is 3.82. The third-order valence-electron chi connectivity index (χ3n) is 9.00. The normalized spacial score (nSPS) is 13.1. The molecule has 52 heavy (non-hydrogen) atoms. The van der Waals surface area contributed by atoms with E-state index in [1.807, 2.05) is 62.4 Å². The minimum absolute atomic E-state index is 0.0214. The zero-order chi connectivity index (χ0) is 37.0. The second-order valence-corrected chi connectivity index (χ2v) is 12.5. The van der Waals surface area contributed by atoms with Gasteiger partial charge in [0.2, 0.25) is 0 Å². The number of hydrogen-bond acceptors (Lipinski definition) is 5. The summed E-state index contributed by atoms with van der Waals surface area (Å²) in [5, 5.41) is 20.7. The van der Waals surface area contributed by atoms with Gasteiger partial charge in [-0.15, -0.1) is 0 Å². The van der Waals surface area contributed by atoms with Gasteiger partial charge in [-0.25, -0.2) is 0 Å². The first-order valence-electron chi connectivity index (χ1n) is 16.4. The van der Waals surface area contributed by atoms with Gasteiger partial charge in [0.1, 0.15) is 5.78 Å². The summed E-state index contributed by atoms with van der Waals surface area (Å²) in [7, 11) is 0. The van der Waals surface area contributed by atoms with E-state index in [1.54, 1.807) is 12.4 Å². The number of nitrogens with one attached hydrogen (secondary N) is 4. The molecule has 6 aromatic rings. The maximum Gasteiger partial charge on any atom is 0.416 e. The molecule has 0 fully saturated rings. The van der Waals surface area contributed by atoms with Gasteiger partial charge >= 0.3 is 12.4 Å². The Morgan fingerprint density at radius 1 is 0.615 bits per heavy atom. The van der Waals surface area contributed by atoms with E-state index in [-0.39, 0.29) is 5.78 Å². The Morgan fingerprint density at radius 3 is 1.37 bits per heavy atom. The zero-order valence-electron chi connectivity index (χ0n) is 28.0. The molecule has 0 amide bonds. The molecule has 13 heteroatoms. The predicted molar refractivity (Wildman–Crippen MR) is 187 cm³/mol. The molecule has 6 rings (SSSR count). The molecule has 2 atom stereocenters. The summed E-state index contributed by atoms with van der Waals surface area (Å²) in [4.78, 5) is 13.7. The molecular formula is C39H34F6N6O. The molecule has 2 unspecified atom stereocenters.